The van der Waals surface area contributed by atoms with E-state index in [1.807, 2.05) is 6.07 Å². The topological polar surface area (TPSA) is 84.2 Å². The molecule has 98 valence electrons. The van der Waals surface area contributed by atoms with Gasteiger partial charge in [-0.15, -0.1) is 0 Å². The molecule has 1 aromatic rings. The van der Waals surface area contributed by atoms with Crippen molar-refractivity contribution in [3.05, 3.63) is 17.7 Å². The van der Waals surface area contributed by atoms with Gasteiger partial charge in [-0.1, -0.05) is 0 Å². The van der Waals surface area contributed by atoms with Gasteiger partial charge in [0.1, 0.15) is 0 Å². The number of carbonyl (C=O) groups is 1. The average molecular weight is 267 g/mol. The maximum absolute atomic E-state index is 11.3. The van der Waals surface area contributed by atoms with Crippen LogP contribution in [-0.2, 0) is 22.0 Å². The highest BCUT2D eigenvalue weighted by Gasteiger charge is 2.16. The van der Waals surface area contributed by atoms with Crippen molar-refractivity contribution in [1.29, 1.82) is 0 Å². The van der Waals surface area contributed by atoms with Gasteiger partial charge in [0.2, 0.25) is 5.91 Å². The van der Waals surface area contributed by atoms with Crippen LogP contribution in [-0.4, -0.2) is 28.7 Å². The number of nitrogens with one attached hydrogen (secondary N) is 2. The molecule has 0 aliphatic carbocycles. The van der Waals surface area contributed by atoms with Gasteiger partial charge in [0.05, 0.1) is 11.4 Å². The van der Waals surface area contributed by atoms with Gasteiger partial charge in [0, 0.05) is 41.5 Å². The molecule has 0 aromatic heterocycles. The van der Waals surface area contributed by atoms with Crippen LogP contribution in [0.25, 0.3) is 0 Å². The zero-order chi connectivity index (χ0) is 13.1. The first kappa shape index (κ1) is 12.9. The SMILES string of the molecule is CS(=O)CCNc1cc2c(cc1N)NC(=O)CC2. The Morgan fingerprint density at radius 1 is 1.44 bits per heavy atom. The monoisotopic (exact) mass is 267 g/mol. The molecule has 1 aromatic carbocycles. The van der Waals surface area contributed by atoms with Crippen molar-refractivity contribution in [3.8, 4) is 0 Å². The summed E-state index contributed by atoms with van der Waals surface area (Å²) in [7, 11) is -0.813. The molecule has 5 nitrogen and oxygen atoms in total. The van der Waals surface area contributed by atoms with Crippen LogP contribution < -0.4 is 16.4 Å². The molecule has 0 radical (unpaired) electrons. The van der Waals surface area contributed by atoms with Crippen LogP contribution in [0.15, 0.2) is 12.1 Å². The molecule has 1 amide bonds. The Bertz CT molecular complexity index is 502. The Kier molecular flexibility index (Phi) is 3.86. The first-order valence-electron chi connectivity index (χ1n) is 5.82. The molecule has 6 heteroatoms. The van der Waals surface area contributed by atoms with Crippen LogP contribution in [0.4, 0.5) is 17.1 Å². The fraction of sp³-hybridized carbons (Fsp3) is 0.417. The number of aryl methyl sites for hydroxylation is 1. The van der Waals surface area contributed by atoms with Crippen LogP contribution in [0.3, 0.4) is 0 Å². The minimum Gasteiger partial charge on any atom is -0.397 e. The number of hydrogen-bond donors (Lipinski definition) is 3. The van der Waals surface area contributed by atoms with Crippen molar-refractivity contribution in [2.75, 3.05) is 34.9 Å². The molecule has 0 saturated carbocycles. The third kappa shape index (κ3) is 3.01. The Balaban J connectivity index is 2.12. The third-order valence-electron chi connectivity index (χ3n) is 2.88. The smallest absolute Gasteiger partial charge is 0.224 e. The van der Waals surface area contributed by atoms with Gasteiger partial charge < -0.3 is 16.4 Å². The number of nitrogen functional groups attached to an aromatic ring is 1. The minimum atomic E-state index is -0.813. The van der Waals surface area contributed by atoms with Crippen molar-refractivity contribution in [3.63, 3.8) is 0 Å². The van der Waals surface area contributed by atoms with E-state index in [1.54, 1.807) is 12.3 Å². The first-order chi connectivity index (χ1) is 8.56. The van der Waals surface area contributed by atoms with E-state index in [0.29, 0.717) is 24.4 Å². The van der Waals surface area contributed by atoms with E-state index >= 15 is 0 Å². The summed E-state index contributed by atoms with van der Waals surface area (Å²) in [6.45, 7) is 0.623. The van der Waals surface area contributed by atoms with Crippen molar-refractivity contribution in [2.24, 2.45) is 0 Å². The lowest BCUT2D eigenvalue weighted by Crippen LogP contribution is -2.20. The van der Waals surface area contributed by atoms with E-state index in [1.165, 1.54) is 0 Å². The van der Waals surface area contributed by atoms with E-state index in [0.717, 1.165) is 23.4 Å². The predicted octanol–water partition coefficient (Wildman–Crippen LogP) is 0.944. The second-order valence-corrected chi connectivity index (χ2v) is 5.90. The average Bonchev–Trinajstić information content (AvgIpc) is 2.29. The van der Waals surface area contributed by atoms with Gasteiger partial charge in [-0.25, -0.2) is 0 Å². The summed E-state index contributed by atoms with van der Waals surface area (Å²) in [6.07, 6.45) is 2.92. The van der Waals surface area contributed by atoms with E-state index in [-0.39, 0.29) is 5.91 Å². The predicted molar refractivity (Wildman–Crippen MR) is 75.2 cm³/mol. The third-order valence-corrected chi connectivity index (χ3v) is 3.65. The number of amides is 1. The van der Waals surface area contributed by atoms with E-state index in [9.17, 15) is 9.00 Å². The lowest BCUT2D eigenvalue weighted by Gasteiger charge is -2.19. The maximum atomic E-state index is 11.3. The highest BCUT2D eigenvalue weighted by Crippen LogP contribution is 2.30. The lowest BCUT2D eigenvalue weighted by molar-refractivity contribution is -0.116. The van der Waals surface area contributed by atoms with Crippen LogP contribution in [0, 0.1) is 0 Å². The molecule has 2 rings (SSSR count). The van der Waals surface area contributed by atoms with Crippen molar-refractivity contribution in [1.82, 2.24) is 0 Å². The van der Waals surface area contributed by atoms with Crippen LogP contribution in [0.5, 0.6) is 0 Å². The Hall–Kier alpha value is -1.56. The first-order valence-corrected chi connectivity index (χ1v) is 7.55. The normalized spacial score (nSPS) is 15.7. The molecular formula is C12H17N3O2S. The zero-order valence-corrected chi connectivity index (χ0v) is 11.1. The van der Waals surface area contributed by atoms with Gasteiger partial charge in [-0.2, -0.15) is 0 Å². The highest BCUT2D eigenvalue weighted by molar-refractivity contribution is 7.84. The minimum absolute atomic E-state index is 0.0315. The van der Waals surface area contributed by atoms with Gasteiger partial charge in [-0.3, -0.25) is 9.00 Å². The number of benzene rings is 1. The molecular weight excluding hydrogens is 250 g/mol. The summed E-state index contributed by atoms with van der Waals surface area (Å²) < 4.78 is 11.0. The number of nitrogens with two attached hydrogens (primary N) is 1. The summed E-state index contributed by atoms with van der Waals surface area (Å²) in [5, 5.41) is 5.98. The number of anilines is 3. The second-order valence-electron chi connectivity index (χ2n) is 4.35. The lowest BCUT2D eigenvalue weighted by atomic mass is 10.0. The van der Waals surface area contributed by atoms with Crippen LogP contribution >= 0.6 is 0 Å². The molecule has 0 saturated heterocycles. The molecule has 0 bridgehead atoms. The summed E-state index contributed by atoms with van der Waals surface area (Å²) >= 11 is 0. The van der Waals surface area contributed by atoms with Gasteiger partial charge in [0.25, 0.3) is 0 Å². The van der Waals surface area contributed by atoms with Gasteiger partial charge in [0.15, 0.2) is 0 Å². The van der Waals surface area contributed by atoms with Crippen LogP contribution in [0.2, 0.25) is 0 Å². The molecule has 1 heterocycles. The molecule has 1 aliphatic heterocycles. The van der Waals surface area contributed by atoms with Gasteiger partial charge >= 0.3 is 0 Å². The summed E-state index contributed by atoms with van der Waals surface area (Å²) in [5.74, 6) is 0.622. The van der Waals surface area contributed by atoms with Crippen molar-refractivity contribution in [2.45, 2.75) is 12.8 Å². The maximum Gasteiger partial charge on any atom is 0.224 e. The summed E-state index contributed by atoms with van der Waals surface area (Å²) in [5.41, 5.74) is 9.24. The Morgan fingerprint density at radius 3 is 2.94 bits per heavy atom. The molecule has 1 aliphatic rings. The number of carbonyl (C=O) groups excluding carboxylic acids is 1. The molecule has 4 N–H and O–H groups in total. The number of hydrogen-bond acceptors (Lipinski definition) is 4. The molecule has 1 unspecified atom stereocenters. The molecule has 0 fully saturated rings. The summed E-state index contributed by atoms with van der Waals surface area (Å²) in [4.78, 5) is 11.3. The molecule has 0 spiro atoms. The van der Waals surface area contributed by atoms with E-state index in [2.05, 4.69) is 10.6 Å². The number of fused-ring (bicyclic) bond motifs is 1. The Morgan fingerprint density at radius 2 is 2.22 bits per heavy atom. The van der Waals surface area contributed by atoms with Crippen LogP contribution in [0.1, 0.15) is 12.0 Å². The standard InChI is InChI=1S/C12H17N3O2S/c1-18(17)5-4-14-11-6-8-2-3-12(16)15-10(8)7-9(11)13/h6-7,14H,2-5,13H2,1H3,(H,15,16). The fourth-order valence-corrected chi connectivity index (χ4v) is 2.32. The zero-order valence-electron chi connectivity index (χ0n) is 10.3. The quantitative estimate of drug-likeness (QED) is 0.709. The number of rotatable bonds is 4. The van der Waals surface area contributed by atoms with E-state index < -0.39 is 10.8 Å². The Labute approximate surface area is 109 Å². The molecule has 18 heavy (non-hydrogen) atoms. The van der Waals surface area contributed by atoms with Crippen molar-refractivity contribution < 1.29 is 9.00 Å². The van der Waals surface area contributed by atoms with Crippen molar-refractivity contribution >= 4 is 33.8 Å². The largest absolute Gasteiger partial charge is 0.397 e. The fourth-order valence-electron chi connectivity index (χ4n) is 1.93. The van der Waals surface area contributed by atoms with Gasteiger partial charge in [-0.05, 0) is 24.1 Å². The second kappa shape index (κ2) is 5.39. The highest BCUT2D eigenvalue weighted by atomic mass is 32.2. The van der Waals surface area contributed by atoms with E-state index in [4.69, 9.17) is 5.73 Å². The molecule has 1 atom stereocenters. The summed E-state index contributed by atoms with van der Waals surface area (Å²) in [6, 6.07) is 3.74.